The van der Waals surface area contributed by atoms with Crippen LogP contribution in [0.5, 0.6) is 5.75 Å². The quantitative estimate of drug-likeness (QED) is 0.562. The number of nitrogens with zero attached hydrogens (tertiary/aromatic N) is 5. The summed E-state index contributed by atoms with van der Waals surface area (Å²) in [6, 6.07) is 2.55. The molecule has 31 heavy (non-hydrogen) atoms. The highest BCUT2D eigenvalue weighted by molar-refractivity contribution is 5.67. The summed E-state index contributed by atoms with van der Waals surface area (Å²) in [5.74, 6) is -0.0986. The monoisotopic (exact) mass is 421 g/mol. The second-order valence-corrected chi connectivity index (χ2v) is 8.84. The van der Waals surface area contributed by atoms with E-state index in [1.807, 2.05) is 0 Å². The molecule has 162 valence electrons. The topological polar surface area (TPSA) is 76.7 Å². The molecule has 1 saturated carbocycles. The Morgan fingerprint density at radius 3 is 2.87 bits per heavy atom. The highest BCUT2D eigenvalue weighted by atomic mass is 19.1. The first-order valence-electron chi connectivity index (χ1n) is 10.8. The fourth-order valence-corrected chi connectivity index (χ4v) is 4.79. The van der Waals surface area contributed by atoms with Crippen molar-refractivity contribution < 1.29 is 9.50 Å². The van der Waals surface area contributed by atoms with Crippen molar-refractivity contribution in [3.05, 3.63) is 55.1 Å². The molecular formula is C24H28FN5O. The zero-order chi connectivity index (χ0) is 22.0. The van der Waals surface area contributed by atoms with Gasteiger partial charge in [0, 0.05) is 18.5 Å². The van der Waals surface area contributed by atoms with Crippen LogP contribution in [0, 0.1) is 17.2 Å². The first kappa shape index (κ1) is 21.2. The highest BCUT2D eigenvalue weighted by Crippen LogP contribution is 2.46. The summed E-state index contributed by atoms with van der Waals surface area (Å²) in [5, 5.41) is 18.9. The third-order valence-electron chi connectivity index (χ3n) is 6.40. The van der Waals surface area contributed by atoms with E-state index in [2.05, 4.69) is 40.6 Å². The van der Waals surface area contributed by atoms with Gasteiger partial charge in [-0.05, 0) is 48.7 Å². The molecule has 0 radical (unpaired) electrons. The van der Waals surface area contributed by atoms with Crippen molar-refractivity contribution in [2.24, 2.45) is 11.3 Å². The number of benzene rings is 1. The van der Waals surface area contributed by atoms with Crippen molar-refractivity contribution in [1.82, 2.24) is 24.7 Å². The molecule has 6 nitrogen and oxygen atoms in total. The molecule has 2 atom stereocenters. The van der Waals surface area contributed by atoms with E-state index in [-0.39, 0.29) is 22.8 Å². The van der Waals surface area contributed by atoms with Gasteiger partial charge in [-0.1, -0.05) is 33.3 Å². The summed E-state index contributed by atoms with van der Waals surface area (Å²) in [7, 11) is 0. The van der Waals surface area contributed by atoms with Crippen molar-refractivity contribution in [2.75, 3.05) is 0 Å². The molecule has 1 aliphatic rings. The number of allylic oxidation sites excluding steroid dienone is 1. The van der Waals surface area contributed by atoms with Crippen LogP contribution < -0.4 is 0 Å². The molecule has 0 unspecified atom stereocenters. The van der Waals surface area contributed by atoms with Crippen molar-refractivity contribution in [1.29, 1.82) is 0 Å². The van der Waals surface area contributed by atoms with Crippen molar-refractivity contribution >= 4 is 5.57 Å². The fraction of sp³-hybridized carbons (Fsp3) is 0.417. The Bertz CT molecular complexity index is 1060. The van der Waals surface area contributed by atoms with Gasteiger partial charge in [-0.3, -0.25) is 0 Å². The summed E-state index contributed by atoms with van der Waals surface area (Å²) >= 11 is 0. The average molecular weight is 422 g/mol. The van der Waals surface area contributed by atoms with Gasteiger partial charge in [0.15, 0.2) is 5.82 Å². The summed E-state index contributed by atoms with van der Waals surface area (Å²) in [4.78, 5) is 8.26. The van der Waals surface area contributed by atoms with E-state index >= 15 is 0 Å². The van der Waals surface area contributed by atoms with Crippen LogP contribution >= 0.6 is 0 Å². The zero-order valence-corrected chi connectivity index (χ0v) is 18.1. The second kappa shape index (κ2) is 8.57. The molecule has 0 amide bonds. The summed E-state index contributed by atoms with van der Waals surface area (Å²) < 4.78 is 16.1. The van der Waals surface area contributed by atoms with Gasteiger partial charge >= 0.3 is 0 Å². The molecule has 1 fully saturated rings. The lowest BCUT2D eigenvalue weighted by Crippen LogP contribution is -2.26. The van der Waals surface area contributed by atoms with Crippen molar-refractivity contribution in [3.63, 3.8) is 0 Å². The minimum atomic E-state index is -0.514. The van der Waals surface area contributed by atoms with Gasteiger partial charge in [0.25, 0.3) is 0 Å². The average Bonchev–Trinajstić information content (AvgIpc) is 3.29. The number of hydrogen-bond donors (Lipinski definition) is 1. The number of hydrogen-bond acceptors (Lipinski definition) is 5. The van der Waals surface area contributed by atoms with Gasteiger partial charge in [-0.25, -0.2) is 14.4 Å². The number of aromatic hydroxyl groups is 1. The van der Waals surface area contributed by atoms with Crippen LogP contribution in [0.4, 0.5) is 4.39 Å². The SMILES string of the molecule is C=C(c1cnc(-c2cc(F)c(-n3ccnc3)cc2O)nn1)[C@H]1CCC[C@@](C)(CCC)C1. The predicted molar refractivity (Wildman–Crippen MR) is 118 cm³/mol. The molecule has 7 heteroatoms. The molecule has 3 aromatic rings. The number of imidazole rings is 1. The number of halogens is 1. The third kappa shape index (κ3) is 4.36. The van der Waals surface area contributed by atoms with Crippen LogP contribution in [-0.4, -0.2) is 29.8 Å². The van der Waals surface area contributed by atoms with Crippen LogP contribution in [0.1, 0.15) is 58.1 Å². The van der Waals surface area contributed by atoms with Gasteiger partial charge in [-0.2, -0.15) is 0 Å². The zero-order valence-electron chi connectivity index (χ0n) is 18.1. The lowest BCUT2D eigenvalue weighted by atomic mass is 9.67. The first-order valence-corrected chi connectivity index (χ1v) is 10.8. The number of rotatable bonds is 6. The molecule has 1 aliphatic carbocycles. The van der Waals surface area contributed by atoms with E-state index in [1.165, 1.54) is 48.7 Å². The Morgan fingerprint density at radius 2 is 2.19 bits per heavy atom. The largest absolute Gasteiger partial charge is 0.507 e. The molecule has 0 aliphatic heterocycles. The standard InChI is InChI=1S/C24H28FN5O/c1-4-7-24(3)8-5-6-17(13-24)16(2)20-14-27-23(29-28-20)18-11-19(25)21(12-22(18)31)30-10-9-26-15-30/h9-12,14-15,17,31H,2,4-8,13H2,1,3H3/t17-,24+/m0/s1. The molecular weight excluding hydrogens is 393 g/mol. The maximum atomic E-state index is 14.6. The summed E-state index contributed by atoms with van der Waals surface area (Å²) in [6.45, 7) is 8.89. The molecule has 2 heterocycles. The smallest absolute Gasteiger partial charge is 0.185 e. The molecule has 2 aromatic heterocycles. The Morgan fingerprint density at radius 1 is 1.35 bits per heavy atom. The minimum Gasteiger partial charge on any atom is -0.507 e. The van der Waals surface area contributed by atoms with Crippen LogP contribution in [0.3, 0.4) is 0 Å². The van der Waals surface area contributed by atoms with Crippen LogP contribution in [0.25, 0.3) is 22.6 Å². The summed E-state index contributed by atoms with van der Waals surface area (Å²) in [6.07, 6.45) is 13.3. The lowest BCUT2D eigenvalue weighted by Gasteiger charge is -2.38. The molecule has 0 saturated heterocycles. The van der Waals surface area contributed by atoms with E-state index in [0.717, 1.165) is 18.4 Å². The Balaban J connectivity index is 1.55. The Labute approximate surface area is 181 Å². The van der Waals surface area contributed by atoms with Gasteiger partial charge in [-0.15, -0.1) is 10.2 Å². The van der Waals surface area contributed by atoms with Gasteiger partial charge in [0.05, 0.1) is 23.8 Å². The minimum absolute atomic E-state index is 0.124. The number of phenolic OH excluding ortho intramolecular Hbond substituents is 1. The van der Waals surface area contributed by atoms with E-state index in [4.69, 9.17) is 0 Å². The molecule has 0 bridgehead atoms. The maximum Gasteiger partial charge on any atom is 0.185 e. The fourth-order valence-electron chi connectivity index (χ4n) is 4.79. The van der Waals surface area contributed by atoms with Crippen LogP contribution in [-0.2, 0) is 0 Å². The Kier molecular flexibility index (Phi) is 5.85. The third-order valence-corrected chi connectivity index (χ3v) is 6.40. The van der Waals surface area contributed by atoms with Crippen LogP contribution in [0.2, 0.25) is 0 Å². The van der Waals surface area contributed by atoms with Gasteiger partial charge in [0.1, 0.15) is 17.3 Å². The van der Waals surface area contributed by atoms with Crippen LogP contribution in [0.15, 0.2) is 43.6 Å². The molecule has 0 spiro atoms. The van der Waals surface area contributed by atoms with Gasteiger partial charge < -0.3 is 9.67 Å². The number of phenols is 1. The molecule has 1 aromatic carbocycles. The predicted octanol–water partition coefficient (Wildman–Crippen LogP) is 5.58. The van der Waals surface area contributed by atoms with E-state index in [0.29, 0.717) is 17.0 Å². The van der Waals surface area contributed by atoms with E-state index in [9.17, 15) is 9.50 Å². The molecule has 4 rings (SSSR count). The molecule has 1 N–H and O–H groups in total. The van der Waals surface area contributed by atoms with E-state index in [1.54, 1.807) is 18.6 Å². The van der Waals surface area contributed by atoms with Gasteiger partial charge in [0.2, 0.25) is 0 Å². The van der Waals surface area contributed by atoms with Crippen molar-refractivity contribution in [2.45, 2.75) is 52.4 Å². The Hall–Kier alpha value is -3.09. The number of aromatic nitrogens is 5. The summed E-state index contributed by atoms with van der Waals surface area (Å²) in [5.41, 5.74) is 2.36. The first-order chi connectivity index (χ1) is 14.9. The second-order valence-electron chi connectivity index (χ2n) is 8.84. The maximum absolute atomic E-state index is 14.6. The normalized spacial score (nSPS) is 21.2. The van der Waals surface area contributed by atoms with Crippen molar-refractivity contribution in [3.8, 4) is 22.8 Å². The van der Waals surface area contributed by atoms with E-state index < -0.39 is 5.82 Å². The highest BCUT2D eigenvalue weighted by Gasteiger charge is 2.33. The lowest BCUT2D eigenvalue weighted by molar-refractivity contribution is 0.170.